The molecule has 0 saturated carbocycles. The van der Waals surface area contributed by atoms with Gasteiger partial charge in [0.1, 0.15) is 0 Å². The standard InChI is InChI=1S/C11H22F3NO2/c1-9(2)6-15-7-10(8-16-3)17-5-4-11(12,13)14/h9-10,15H,4-8H2,1-3H3. The summed E-state index contributed by atoms with van der Waals surface area (Å²) in [4.78, 5) is 0. The number of rotatable bonds is 9. The highest BCUT2D eigenvalue weighted by Gasteiger charge is 2.27. The minimum atomic E-state index is -4.16. The molecule has 1 N–H and O–H groups in total. The molecule has 0 aliphatic rings. The first-order valence-electron chi connectivity index (χ1n) is 5.73. The number of ether oxygens (including phenoxy) is 2. The number of alkyl halides is 3. The van der Waals surface area contributed by atoms with E-state index in [0.29, 0.717) is 19.1 Å². The van der Waals surface area contributed by atoms with Crippen molar-refractivity contribution in [1.82, 2.24) is 5.32 Å². The Morgan fingerprint density at radius 3 is 2.29 bits per heavy atom. The number of nitrogens with one attached hydrogen (secondary N) is 1. The molecule has 0 radical (unpaired) electrons. The van der Waals surface area contributed by atoms with Crippen LogP contribution < -0.4 is 5.32 Å². The summed E-state index contributed by atoms with van der Waals surface area (Å²) in [6.45, 7) is 5.40. The molecule has 104 valence electrons. The van der Waals surface area contributed by atoms with Crippen molar-refractivity contribution in [2.24, 2.45) is 5.92 Å². The molecule has 0 amide bonds. The Morgan fingerprint density at radius 2 is 1.82 bits per heavy atom. The summed E-state index contributed by atoms with van der Waals surface area (Å²) in [6, 6.07) is 0. The van der Waals surface area contributed by atoms with Crippen LogP contribution in [-0.4, -0.2) is 45.7 Å². The summed E-state index contributed by atoms with van der Waals surface area (Å²) in [5, 5.41) is 3.13. The Hall–Kier alpha value is -0.330. The molecule has 1 atom stereocenters. The predicted molar refractivity (Wildman–Crippen MR) is 60.0 cm³/mol. The average Bonchev–Trinajstić information content (AvgIpc) is 2.15. The van der Waals surface area contributed by atoms with Gasteiger partial charge >= 0.3 is 6.18 Å². The van der Waals surface area contributed by atoms with E-state index in [9.17, 15) is 13.2 Å². The molecule has 0 fully saturated rings. The lowest BCUT2D eigenvalue weighted by Crippen LogP contribution is -2.35. The smallest absolute Gasteiger partial charge is 0.382 e. The van der Waals surface area contributed by atoms with Crippen molar-refractivity contribution in [2.75, 3.05) is 33.4 Å². The van der Waals surface area contributed by atoms with Crippen LogP contribution in [0.4, 0.5) is 13.2 Å². The number of methoxy groups -OCH3 is 1. The first-order chi connectivity index (χ1) is 7.85. The Kier molecular flexibility index (Phi) is 8.55. The topological polar surface area (TPSA) is 30.5 Å². The Bertz CT molecular complexity index is 186. The van der Waals surface area contributed by atoms with Gasteiger partial charge in [0.05, 0.1) is 25.7 Å². The number of hydrogen-bond acceptors (Lipinski definition) is 3. The molecule has 0 heterocycles. The fourth-order valence-electron chi connectivity index (χ4n) is 1.23. The summed E-state index contributed by atoms with van der Waals surface area (Å²) >= 11 is 0. The van der Waals surface area contributed by atoms with Gasteiger partial charge in [0.15, 0.2) is 0 Å². The zero-order valence-corrected chi connectivity index (χ0v) is 10.6. The van der Waals surface area contributed by atoms with E-state index in [-0.39, 0.29) is 12.7 Å². The van der Waals surface area contributed by atoms with Crippen LogP contribution in [0, 0.1) is 5.92 Å². The molecular weight excluding hydrogens is 235 g/mol. The molecule has 0 aromatic rings. The van der Waals surface area contributed by atoms with Gasteiger partial charge in [0.2, 0.25) is 0 Å². The van der Waals surface area contributed by atoms with Crippen molar-refractivity contribution < 1.29 is 22.6 Å². The summed E-state index contributed by atoms with van der Waals surface area (Å²) < 4.78 is 45.8. The van der Waals surface area contributed by atoms with Gasteiger partial charge in [-0.1, -0.05) is 13.8 Å². The van der Waals surface area contributed by atoms with Crippen LogP contribution in [0.3, 0.4) is 0 Å². The molecule has 1 unspecified atom stereocenters. The maximum atomic E-state index is 11.9. The van der Waals surface area contributed by atoms with Crippen LogP contribution in [0.1, 0.15) is 20.3 Å². The maximum absolute atomic E-state index is 11.9. The molecule has 0 aromatic carbocycles. The summed E-state index contributed by atoms with van der Waals surface area (Å²) in [6.07, 6.45) is -5.42. The quantitative estimate of drug-likeness (QED) is 0.687. The third-order valence-electron chi connectivity index (χ3n) is 2.02. The zero-order chi connectivity index (χ0) is 13.3. The van der Waals surface area contributed by atoms with E-state index < -0.39 is 12.6 Å². The van der Waals surface area contributed by atoms with Crippen molar-refractivity contribution in [3.05, 3.63) is 0 Å². The molecule has 17 heavy (non-hydrogen) atoms. The molecule has 0 bridgehead atoms. The van der Waals surface area contributed by atoms with Crippen molar-refractivity contribution in [3.8, 4) is 0 Å². The van der Waals surface area contributed by atoms with Gasteiger partial charge in [-0.2, -0.15) is 13.2 Å². The normalized spacial score (nSPS) is 14.3. The van der Waals surface area contributed by atoms with Crippen LogP contribution in [0.5, 0.6) is 0 Å². The lowest BCUT2D eigenvalue weighted by molar-refractivity contribution is -0.150. The van der Waals surface area contributed by atoms with Crippen molar-refractivity contribution >= 4 is 0 Å². The second-order valence-corrected chi connectivity index (χ2v) is 4.37. The highest BCUT2D eigenvalue weighted by Crippen LogP contribution is 2.19. The van der Waals surface area contributed by atoms with Crippen molar-refractivity contribution in [1.29, 1.82) is 0 Å². The highest BCUT2D eigenvalue weighted by atomic mass is 19.4. The molecule has 0 rings (SSSR count). The third kappa shape index (κ3) is 11.9. The molecule has 0 aromatic heterocycles. The average molecular weight is 257 g/mol. The van der Waals surface area contributed by atoms with Gasteiger partial charge < -0.3 is 14.8 Å². The zero-order valence-electron chi connectivity index (χ0n) is 10.6. The summed E-state index contributed by atoms with van der Waals surface area (Å²) in [5.74, 6) is 0.494. The molecular formula is C11H22F3NO2. The molecule has 0 saturated heterocycles. The van der Waals surface area contributed by atoms with Crippen molar-refractivity contribution in [2.45, 2.75) is 32.5 Å². The van der Waals surface area contributed by atoms with E-state index in [0.717, 1.165) is 6.54 Å². The van der Waals surface area contributed by atoms with Crippen LogP contribution in [0.25, 0.3) is 0 Å². The predicted octanol–water partition coefficient (Wildman–Crippen LogP) is 2.22. The molecule has 0 aliphatic heterocycles. The maximum Gasteiger partial charge on any atom is 0.391 e. The summed E-state index contributed by atoms with van der Waals surface area (Å²) in [7, 11) is 1.50. The van der Waals surface area contributed by atoms with E-state index >= 15 is 0 Å². The highest BCUT2D eigenvalue weighted by molar-refractivity contribution is 4.63. The fourth-order valence-corrected chi connectivity index (χ4v) is 1.23. The Labute approximate surface area is 101 Å². The van der Waals surface area contributed by atoms with Gasteiger partial charge in [-0.25, -0.2) is 0 Å². The van der Waals surface area contributed by atoms with E-state index in [4.69, 9.17) is 9.47 Å². The Morgan fingerprint density at radius 1 is 1.18 bits per heavy atom. The van der Waals surface area contributed by atoms with E-state index in [2.05, 4.69) is 19.2 Å². The minimum Gasteiger partial charge on any atom is -0.382 e. The molecule has 0 aliphatic carbocycles. The van der Waals surface area contributed by atoms with Gasteiger partial charge in [-0.15, -0.1) is 0 Å². The van der Waals surface area contributed by atoms with Crippen LogP contribution in [0.2, 0.25) is 0 Å². The van der Waals surface area contributed by atoms with Crippen LogP contribution >= 0.6 is 0 Å². The second kappa shape index (κ2) is 8.72. The fraction of sp³-hybridized carbons (Fsp3) is 1.00. The van der Waals surface area contributed by atoms with Gasteiger partial charge in [0, 0.05) is 13.7 Å². The van der Waals surface area contributed by atoms with E-state index in [1.807, 2.05) is 0 Å². The summed E-state index contributed by atoms with van der Waals surface area (Å²) in [5.41, 5.74) is 0. The van der Waals surface area contributed by atoms with Gasteiger partial charge in [0.25, 0.3) is 0 Å². The minimum absolute atomic E-state index is 0.295. The molecule has 6 heteroatoms. The second-order valence-electron chi connectivity index (χ2n) is 4.37. The van der Waals surface area contributed by atoms with Crippen molar-refractivity contribution in [3.63, 3.8) is 0 Å². The lowest BCUT2D eigenvalue weighted by Gasteiger charge is -2.19. The van der Waals surface area contributed by atoms with E-state index in [1.54, 1.807) is 0 Å². The first-order valence-corrected chi connectivity index (χ1v) is 5.73. The van der Waals surface area contributed by atoms with E-state index in [1.165, 1.54) is 7.11 Å². The number of halogens is 3. The van der Waals surface area contributed by atoms with Crippen LogP contribution in [0.15, 0.2) is 0 Å². The van der Waals surface area contributed by atoms with Gasteiger partial charge in [-0.3, -0.25) is 0 Å². The number of hydrogen-bond donors (Lipinski definition) is 1. The Balaban J connectivity index is 3.74. The monoisotopic (exact) mass is 257 g/mol. The van der Waals surface area contributed by atoms with Gasteiger partial charge in [-0.05, 0) is 12.5 Å². The first kappa shape index (κ1) is 16.7. The van der Waals surface area contributed by atoms with Crippen LogP contribution in [-0.2, 0) is 9.47 Å². The largest absolute Gasteiger partial charge is 0.391 e. The third-order valence-corrected chi connectivity index (χ3v) is 2.02. The lowest BCUT2D eigenvalue weighted by atomic mass is 10.2. The SMILES string of the molecule is COCC(CNCC(C)C)OCCC(F)(F)F. The molecule has 3 nitrogen and oxygen atoms in total. The molecule has 0 spiro atoms.